The molecule has 0 saturated carbocycles. The van der Waals surface area contributed by atoms with Crippen molar-refractivity contribution in [3.05, 3.63) is 66.4 Å². The Balaban J connectivity index is 2.21. The number of hydrogen-bond acceptors (Lipinski definition) is 4. The smallest absolute Gasteiger partial charge is 0.221 e. The highest BCUT2D eigenvalue weighted by Gasteiger charge is 2.27. The van der Waals surface area contributed by atoms with Crippen molar-refractivity contribution in [2.24, 2.45) is 0 Å². The lowest BCUT2D eigenvalue weighted by Crippen LogP contribution is -2.10. The number of hydrogen-bond donors (Lipinski definition) is 1. The van der Waals surface area contributed by atoms with Crippen molar-refractivity contribution in [1.82, 2.24) is 4.57 Å². The molecule has 0 saturated heterocycles. The zero-order valence-electron chi connectivity index (χ0n) is 21.0. The van der Waals surface area contributed by atoms with Crippen LogP contribution in [-0.2, 0) is 21.2 Å². The van der Waals surface area contributed by atoms with Gasteiger partial charge in [-0.3, -0.25) is 4.79 Å². The maximum Gasteiger partial charge on any atom is 0.221 e. The number of carbonyl (C=O) groups is 1. The Hall–Kier alpha value is -3.58. The largest absolute Gasteiger partial charge is 0.378 e. The van der Waals surface area contributed by atoms with Crippen LogP contribution in [0.3, 0.4) is 0 Å². The van der Waals surface area contributed by atoms with Crippen LogP contribution in [0.2, 0.25) is 0 Å². The molecule has 35 heavy (non-hydrogen) atoms. The minimum absolute atomic E-state index is 0.220. The Morgan fingerprint density at radius 2 is 1.60 bits per heavy atom. The van der Waals surface area contributed by atoms with Gasteiger partial charge in [0.1, 0.15) is 0 Å². The van der Waals surface area contributed by atoms with Crippen LogP contribution in [0.25, 0.3) is 33.2 Å². The molecular weight excluding hydrogens is 458 g/mol. The van der Waals surface area contributed by atoms with E-state index >= 15 is 0 Å². The SMILES string of the molecule is CCn1c(C)c(-c2c(S(C)(=O)=O)ccc(NC(C)=O)c2-c2ccc(N(C)C)cc2)c2ccccc21. The van der Waals surface area contributed by atoms with Crippen molar-refractivity contribution >= 4 is 38.0 Å². The average molecular weight is 490 g/mol. The molecule has 0 aliphatic rings. The van der Waals surface area contributed by atoms with E-state index in [1.807, 2.05) is 68.4 Å². The van der Waals surface area contributed by atoms with Gasteiger partial charge in [0.2, 0.25) is 5.91 Å². The van der Waals surface area contributed by atoms with Crippen LogP contribution >= 0.6 is 0 Å². The third-order valence-corrected chi connectivity index (χ3v) is 7.49. The molecule has 1 N–H and O–H groups in total. The number of anilines is 2. The van der Waals surface area contributed by atoms with Gasteiger partial charge in [0.15, 0.2) is 9.84 Å². The van der Waals surface area contributed by atoms with Gasteiger partial charge in [0.05, 0.1) is 4.90 Å². The molecule has 0 atom stereocenters. The van der Waals surface area contributed by atoms with Gasteiger partial charge in [0.25, 0.3) is 0 Å². The first-order valence-corrected chi connectivity index (χ1v) is 13.4. The van der Waals surface area contributed by atoms with Crippen LogP contribution in [0.1, 0.15) is 19.5 Å². The fraction of sp³-hybridized carbons (Fsp3) is 0.250. The van der Waals surface area contributed by atoms with Gasteiger partial charge in [0, 0.05) is 78.5 Å². The summed E-state index contributed by atoms with van der Waals surface area (Å²) in [5.41, 5.74) is 6.60. The van der Waals surface area contributed by atoms with Gasteiger partial charge in [-0.2, -0.15) is 0 Å². The number of benzene rings is 3. The highest BCUT2D eigenvalue weighted by atomic mass is 32.2. The topological polar surface area (TPSA) is 71.4 Å². The first kappa shape index (κ1) is 24.5. The van der Waals surface area contributed by atoms with Crippen molar-refractivity contribution < 1.29 is 13.2 Å². The van der Waals surface area contributed by atoms with Gasteiger partial charge < -0.3 is 14.8 Å². The lowest BCUT2D eigenvalue weighted by molar-refractivity contribution is -0.114. The first-order chi connectivity index (χ1) is 16.5. The molecule has 3 aromatic carbocycles. The molecule has 1 aromatic heterocycles. The lowest BCUT2D eigenvalue weighted by Gasteiger charge is -2.20. The van der Waals surface area contributed by atoms with Gasteiger partial charge in [-0.15, -0.1) is 0 Å². The molecule has 4 aromatic rings. The Kier molecular flexibility index (Phi) is 6.47. The molecular formula is C28H31N3O3S. The molecule has 0 aliphatic carbocycles. The van der Waals surface area contributed by atoms with Crippen LogP contribution in [-0.4, -0.2) is 39.2 Å². The summed E-state index contributed by atoms with van der Waals surface area (Å²) in [6.45, 7) is 6.31. The highest BCUT2D eigenvalue weighted by molar-refractivity contribution is 7.90. The van der Waals surface area contributed by atoms with Crippen molar-refractivity contribution in [1.29, 1.82) is 0 Å². The van der Waals surface area contributed by atoms with Crippen molar-refractivity contribution in [3.63, 3.8) is 0 Å². The zero-order chi connectivity index (χ0) is 25.5. The van der Waals surface area contributed by atoms with E-state index < -0.39 is 9.84 Å². The monoisotopic (exact) mass is 489 g/mol. The summed E-state index contributed by atoms with van der Waals surface area (Å²) >= 11 is 0. The van der Waals surface area contributed by atoms with Crippen LogP contribution in [0.5, 0.6) is 0 Å². The van der Waals surface area contributed by atoms with Crippen LogP contribution in [0.4, 0.5) is 11.4 Å². The molecule has 0 aliphatic heterocycles. The molecule has 4 rings (SSSR count). The molecule has 0 unspecified atom stereocenters. The Labute approximate surface area is 207 Å². The highest BCUT2D eigenvalue weighted by Crippen LogP contribution is 2.46. The second-order valence-electron chi connectivity index (χ2n) is 8.98. The number of nitrogens with one attached hydrogen (secondary N) is 1. The number of fused-ring (bicyclic) bond motifs is 1. The number of para-hydroxylation sites is 1. The van der Waals surface area contributed by atoms with E-state index in [0.717, 1.165) is 40.0 Å². The number of aryl methyl sites for hydroxylation is 1. The van der Waals surface area contributed by atoms with Crippen molar-refractivity contribution in [3.8, 4) is 22.3 Å². The number of aromatic nitrogens is 1. The maximum atomic E-state index is 13.1. The average Bonchev–Trinajstić information content (AvgIpc) is 3.08. The van der Waals surface area contributed by atoms with Gasteiger partial charge in [-0.05, 0) is 49.7 Å². The molecule has 7 heteroatoms. The van der Waals surface area contributed by atoms with E-state index in [-0.39, 0.29) is 10.8 Å². The summed E-state index contributed by atoms with van der Waals surface area (Å²) in [4.78, 5) is 14.4. The summed E-state index contributed by atoms with van der Waals surface area (Å²) in [5.74, 6) is -0.220. The second kappa shape index (κ2) is 9.23. The zero-order valence-corrected chi connectivity index (χ0v) is 21.8. The predicted octanol–water partition coefficient (Wildman–Crippen LogP) is 5.73. The van der Waals surface area contributed by atoms with Crippen molar-refractivity contribution in [2.75, 3.05) is 30.6 Å². The summed E-state index contributed by atoms with van der Waals surface area (Å²) < 4.78 is 28.4. The molecule has 0 spiro atoms. The third kappa shape index (κ3) is 4.44. The predicted molar refractivity (Wildman–Crippen MR) is 145 cm³/mol. The van der Waals surface area contributed by atoms with Gasteiger partial charge in [-0.1, -0.05) is 30.3 Å². The second-order valence-corrected chi connectivity index (χ2v) is 11.0. The minimum atomic E-state index is -3.59. The van der Waals surface area contributed by atoms with Crippen LogP contribution in [0.15, 0.2) is 65.6 Å². The quantitative estimate of drug-likeness (QED) is 0.375. The first-order valence-electron chi connectivity index (χ1n) is 11.5. The number of carbonyl (C=O) groups excluding carboxylic acids is 1. The number of nitrogens with zero attached hydrogens (tertiary/aromatic N) is 2. The van der Waals surface area contributed by atoms with E-state index in [1.165, 1.54) is 13.2 Å². The minimum Gasteiger partial charge on any atom is -0.378 e. The molecule has 1 heterocycles. The van der Waals surface area contributed by atoms with E-state index in [1.54, 1.807) is 12.1 Å². The van der Waals surface area contributed by atoms with Crippen LogP contribution in [0, 0.1) is 6.92 Å². The Morgan fingerprint density at radius 3 is 2.17 bits per heavy atom. The van der Waals surface area contributed by atoms with E-state index in [4.69, 9.17) is 0 Å². The normalized spacial score (nSPS) is 11.6. The third-order valence-electron chi connectivity index (χ3n) is 6.35. The summed E-state index contributed by atoms with van der Waals surface area (Å²) in [6.07, 6.45) is 1.23. The number of rotatable bonds is 6. The summed E-state index contributed by atoms with van der Waals surface area (Å²) in [5, 5.41) is 3.91. The summed E-state index contributed by atoms with van der Waals surface area (Å²) in [7, 11) is 0.345. The number of sulfone groups is 1. The van der Waals surface area contributed by atoms with Crippen molar-refractivity contribution in [2.45, 2.75) is 32.2 Å². The van der Waals surface area contributed by atoms with E-state index in [0.29, 0.717) is 16.8 Å². The number of amides is 1. The fourth-order valence-electron chi connectivity index (χ4n) is 4.81. The van der Waals surface area contributed by atoms with E-state index in [9.17, 15) is 13.2 Å². The van der Waals surface area contributed by atoms with Crippen LogP contribution < -0.4 is 10.2 Å². The Bertz CT molecular complexity index is 1530. The van der Waals surface area contributed by atoms with E-state index in [2.05, 4.69) is 22.9 Å². The van der Waals surface area contributed by atoms with Gasteiger partial charge >= 0.3 is 0 Å². The summed E-state index contributed by atoms with van der Waals surface area (Å²) in [6, 6.07) is 19.3. The molecule has 182 valence electrons. The van der Waals surface area contributed by atoms with Gasteiger partial charge in [-0.25, -0.2) is 8.42 Å². The standard InChI is InChI=1S/C28H31N3O3S/c1-7-31-18(2)26(22-10-8-9-11-24(22)31)28-25(35(6,33)34)17-16-23(29-19(3)32)27(28)20-12-14-21(15-13-20)30(4)5/h8-17H,7H2,1-6H3,(H,29,32). The maximum absolute atomic E-state index is 13.1. The Morgan fingerprint density at radius 1 is 0.943 bits per heavy atom. The molecule has 6 nitrogen and oxygen atoms in total. The molecule has 1 amide bonds. The lowest BCUT2D eigenvalue weighted by atomic mass is 9.91. The molecule has 0 radical (unpaired) electrons. The fourth-order valence-corrected chi connectivity index (χ4v) is 5.70. The molecule has 0 fully saturated rings. The molecule has 0 bridgehead atoms.